The summed E-state index contributed by atoms with van der Waals surface area (Å²) < 4.78 is 4.15. The molecule has 1 N–H and O–H groups in total. The van der Waals surface area contributed by atoms with Gasteiger partial charge >= 0.3 is 5.69 Å². The third kappa shape index (κ3) is 2.24. The highest BCUT2D eigenvalue weighted by Crippen LogP contribution is 2.16. The maximum absolute atomic E-state index is 12.2. The molecular weight excluding hydrogens is 339 g/mol. The van der Waals surface area contributed by atoms with Gasteiger partial charge in [0.1, 0.15) is 0 Å². The quantitative estimate of drug-likeness (QED) is 0.613. The zero-order valence-electron chi connectivity index (χ0n) is 10.3. The normalized spacial score (nSPS) is 13.1. The molecule has 0 aliphatic heterocycles. The molecule has 104 valence electrons. The van der Waals surface area contributed by atoms with Crippen LogP contribution in [0.2, 0.25) is 0 Å². The Kier molecular flexibility index (Phi) is 3.84. The summed E-state index contributed by atoms with van der Waals surface area (Å²) >= 11 is 8.78. The SMILES string of the molecule is Cn1c(=O)c2c(nc(Br)n2C[C@H](O)CCl)n(C)c1=O. The molecule has 2 aromatic rings. The number of imidazole rings is 1. The van der Waals surface area contributed by atoms with Gasteiger partial charge in [-0.05, 0) is 15.9 Å². The maximum Gasteiger partial charge on any atom is 0.332 e. The van der Waals surface area contributed by atoms with Crippen LogP contribution in [-0.2, 0) is 20.6 Å². The minimum Gasteiger partial charge on any atom is -0.390 e. The molecule has 0 bridgehead atoms. The Labute approximate surface area is 121 Å². The summed E-state index contributed by atoms with van der Waals surface area (Å²) in [6.07, 6.45) is -0.808. The van der Waals surface area contributed by atoms with Crippen LogP contribution in [0.3, 0.4) is 0 Å². The van der Waals surface area contributed by atoms with Gasteiger partial charge in [0.05, 0.1) is 18.5 Å². The van der Waals surface area contributed by atoms with E-state index in [4.69, 9.17) is 11.6 Å². The molecule has 0 saturated heterocycles. The smallest absolute Gasteiger partial charge is 0.332 e. The molecule has 0 spiro atoms. The predicted molar refractivity (Wildman–Crippen MR) is 74.6 cm³/mol. The third-order valence-electron chi connectivity index (χ3n) is 2.87. The molecule has 19 heavy (non-hydrogen) atoms. The Balaban J connectivity index is 2.83. The Hall–Kier alpha value is -1.12. The molecule has 0 saturated carbocycles. The summed E-state index contributed by atoms with van der Waals surface area (Å²) in [5, 5.41) is 9.62. The van der Waals surface area contributed by atoms with Gasteiger partial charge in [-0.1, -0.05) is 0 Å². The lowest BCUT2D eigenvalue weighted by Crippen LogP contribution is -2.37. The van der Waals surface area contributed by atoms with Crippen molar-refractivity contribution < 1.29 is 5.11 Å². The van der Waals surface area contributed by atoms with Gasteiger partial charge in [0.25, 0.3) is 5.56 Å². The van der Waals surface area contributed by atoms with Crippen molar-refractivity contribution >= 4 is 38.7 Å². The monoisotopic (exact) mass is 350 g/mol. The first-order chi connectivity index (χ1) is 8.88. The first-order valence-electron chi connectivity index (χ1n) is 5.44. The summed E-state index contributed by atoms with van der Waals surface area (Å²) in [6, 6.07) is 0. The van der Waals surface area contributed by atoms with Gasteiger partial charge in [-0.15, -0.1) is 11.6 Å². The van der Waals surface area contributed by atoms with Crippen LogP contribution in [0.25, 0.3) is 11.2 Å². The number of halogens is 2. The van der Waals surface area contributed by atoms with Gasteiger partial charge in [-0.2, -0.15) is 0 Å². The molecule has 2 aromatic heterocycles. The van der Waals surface area contributed by atoms with Gasteiger partial charge in [0.2, 0.25) is 0 Å². The van der Waals surface area contributed by atoms with Crippen LogP contribution < -0.4 is 11.2 Å². The van der Waals surface area contributed by atoms with E-state index in [1.807, 2.05) is 0 Å². The van der Waals surface area contributed by atoms with Crippen molar-refractivity contribution in [2.45, 2.75) is 12.6 Å². The van der Waals surface area contributed by atoms with E-state index in [1.165, 1.54) is 23.2 Å². The zero-order chi connectivity index (χ0) is 14.3. The van der Waals surface area contributed by atoms with E-state index in [0.717, 1.165) is 4.57 Å². The van der Waals surface area contributed by atoms with Crippen LogP contribution in [0.15, 0.2) is 14.3 Å². The van der Waals surface area contributed by atoms with E-state index in [9.17, 15) is 14.7 Å². The average molecular weight is 352 g/mol. The largest absolute Gasteiger partial charge is 0.390 e. The lowest BCUT2D eigenvalue weighted by molar-refractivity contribution is 0.177. The van der Waals surface area contributed by atoms with Gasteiger partial charge in [0, 0.05) is 14.1 Å². The van der Waals surface area contributed by atoms with Crippen molar-refractivity contribution in [3.63, 3.8) is 0 Å². The molecule has 0 fully saturated rings. The number of fused-ring (bicyclic) bond motifs is 1. The maximum atomic E-state index is 12.2. The molecule has 0 aromatic carbocycles. The van der Waals surface area contributed by atoms with E-state index in [0.29, 0.717) is 4.73 Å². The van der Waals surface area contributed by atoms with Crippen LogP contribution >= 0.6 is 27.5 Å². The summed E-state index contributed by atoms with van der Waals surface area (Å²) in [5.74, 6) is 0.0399. The predicted octanol–water partition coefficient (Wildman–Crippen LogP) is -0.204. The molecule has 0 amide bonds. The number of aliphatic hydroxyl groups excluding tert-OH is 1. The molecule has 0 unspecified atom stereocenters. The Bertz CT molecular complexity index is 748. The van der Waals surface area contributed by atoms with Gasteiger partial charge in [-0.25, -0.2) is 9.78 Å². The van der Waals surface area contributed by atoms with Crippen molar-refractivity contribution in [3.05, 3.63) is 25.6 Å². The molecular formula is C10H12BrClN4O3. The summed E-state index contributed by atoms with van der Waals surface area (Å²) in [7, 11) is 2.93. The van der Waals surface area contributed by atoms with Crippen molar-refractivity contribution in [1.82, 2.24) is 18.7 Å². The van der Waals surface area contributed by atoms with Crippen LogP contribution in [0.5, 0.6) is 0 Å². The number of aromatic nitrogens is 4. The Morgan fingerprint density at radius 2 is 2.00 bits per heavy atom. The number of alkyl halides is 1. The molecule has 1 atom stereocenters. The highest BCUT2D eigenvalue weighted by atomic mass is 79.9. The van der Waals surface area contributed by atoms with Gasteiger partial charge < -0.3 is 9.67 Å². The average Bonchev–Trinajstić information content (AvgIpc) is 2.71. The van der Waals surface area contributed by atoms with E-state index >= 15 is 0 Å². The van der Waals surface area contributed by atoms with E-state index in [2.05, 4.69) is 20.9 Å². The molecule has 2 heterocycles. The van der Waals surface area contributed by atoms with E-state index < -0.39 is 17.4 Å². The number of hydrogen-bond donors (Lipinski definition) is 1. The number of hydrogen-bond acceptors (Lipinski definition) is 4. The standard InChI is InChI=1S/C10H12BrClN4O3/c1-14-7-6(8(18)15(2)10(14)19)16(9(11)13-7)4-5(17)3-12/h5,17H,3-4H2,1-2H3/t5-/m1/s1. The van der Waals surface area contributed by atoms with Gasteiger partial charge in [-0.3, -0.25) is 13.9 Å². The fourth-order valence-corrected chi connectivity index (χ4v) is 2.43. The van der Waals surface area contributed by atoms with Crippen LogP contribution in [0.4, 0.5) is 0 Å². The van der Waals surface area contributed by atoms with Crippen molar-refractivity contribution in [1.29, 1.82) is 0 Å². The lowest BCUT2D eigenvalue weighted by Gasteiger charge is -2.10. The highest BCUT2D eigenvalue weighted by molar-refractivity contribution is 9.10. The Morgan fingerprint density at radius 3 is 2.58 bits per heavy atom. The number of aliphatic hydroxyl groups is 1. The molecule has 2 rings (SSSR count). The van der Waals surface area contributed by atoms with Crippen LogP contribution in [0, 0.1) is 0 Å². The molecule has 0 aliphatic carbocycles. The summed E-state index contributed by atoms with van der Waals surface area (Å²) in [5.41, 5.74) is -0.395. The molecule has 0 radical (unpaired) electrons. The van der Waals surface area contributed by atoms with Crippen LogP contribution in [0.1, 0.15) is 0 Å². The lowest BCUT2D eigenvalue weighted by atomic mass is 10.4. The summed E-state index contributed by atoms with van der Waals surface area (Å²) in [4.78, 5) is 28.1. The minimum absolute atomic E-state index is 0.0399. The fourth-order valence-electron chi connectivity index (χ4n) is 1.85. The van der Waals surface area contributed by atoms with E-state index in [-0.39, 0.29) is 23.6 Å². The fraction of sp³-hybridized carbons (Fsp3) is 0.500. The first-order valence-corrected chi connectivity index (χ1v) is 6.77. The molecule has 0 aliphatic rings. The number of nitrogens with zero attached hydrogens (tertiary/aromatic N) is 4. The van der Waals surface area contributed by atoms with Gasteiger partial charge in [0.15, 0.2) is 15.9 Å². The topological polar surface area (TPSA) is 82.0 Å². The first kappa shape index (κ1) is 14.3. The third-order valence-corrected chi connectivity index (χ3v) is 3.83. The number of rotatable bonds is 3. The number of aryl methyl sites for hydroxylation is 1. The second kappa shape index (κ2) is 5.10. The van der Waals surface area contributed by atoms with Crippen molar-refractivity contribution in [2.24, 2.45) is 14.1 Å². The summed E-state index contributed by atoms with van der Waals surface area (Å²) in [6.45, 7) is 0.119. The molecule has 9 heteroatoms. The highest BCUT2D eigenvalue weighted by Gasteiger charge is 2.19. The van der Waals surface area contributed by atoms with Crippen LogP contribution in [-0.4, -0.2) is 35.8 Å². The second-order valence-corrected chi connectivity index (χ2v) is 5.20. The van der Waals surface area contributed by atoms with Crippen molar-refractivity contribution in [3.8, 4) is 0 Å². The zero-order valence-corrected chi connectivity index (χ0v) is 12.6. The van der Waals surface area contributed by atoms with Crippen molar-refractivity contribution in [2.75, 3.05) is 5.88 Å². The molecule has 7 nitrogen and oxygen atoms in total. The second-order valence-electron chi connectivity index (χ2n) is 4.18. The van der Waals surface area contributed by atoms with E-state index in [1.54, 1.807) is 0 Å². The Morgan fingerprint density at radius 1 is 1.37 bits per heavy atom. The minimum atomic E-state index is -0.808.